The lowest BCUT2D eigenvalue weighted by Crippen LogP contribution is -2.42. The minimum Gasteiger partial charge on any atom is -0.480 e. The molecule has 1 unspecified atom stereocenters. The maximum atomic E-state index is 12.6. The first-order valence-electron chi connectivity index (χ1n) is 8.80. The van der Waals surface area contributed by atoms with Crippen molar-refractivity contribution in [3.63, 3.8) is 0 Å². The smallest absolute Gasteiger partial charge is 0.326 e. The predicted molar refractivity (Wildman–Crippen MR) is 114 cm³/mol. The average molecular weight is 436 g/mol. The number of amides is 3. The molecule has 1 heterocycles. The van der Waals surface area contributed by atoms with Crippen LogP contribution < -0.4 is 11.1 Å². The standard InChI is InChI=1S/C19H21N3O5S2/c1-11-2-4-12(5-3-11)10-14-17(25)22(19(28)29-14)9-8-16(24)21-13(18(26)27)6-7-15(20)23/h2-5,10,13H,6-9H2,1H3,(H2,20,23)(H,21,24)(H,26,27). The fraction of sp³-hybridized carbons (Fsp3) is 0.316. The van der Waals surface area contributed by atoms with E-state index in [-0.39, 0.29) is 31.7 Å². The molecule has 0 radical (unpaired) electrons. The highest BCUT2D eigenvalue weighted by molar-refractivity contribution is 8.26. The van der Waals surface area contributed by atoms with Crippen molar-refractivity contribution in [1.82, 2.24) is 10.2 Å². The van der Waals surface area contributed by atoms with E-state index in [4.69, 9.17) is 23.1 Å². The number of carbonyl (C=O) groups excluding carboxylic acids is 3. The molecule has 1 atom stereocenters. The number of aryl methyl sites for hydroxylation is 1. The molecule has 0 aromatic heterocycles. The molecule has 0 saturated carbocycles. The lowest BCUT2D eigenvalue weighted by molar-refractivity contribution is -0.142. The number of nitrogens with two attached hydrogens (primary N) is 1. The number of primary amides is 1. The van der Waals surface area contributed by atoms with E-state index in [1.165, 1.54) is 4.90 Å². The van der Waals surface area contributed by atoms with Crippen molar-refractivity contribution in [3.05, 3.63) is 40.3 Å². The summed E-state index contributed by atoms with van der Waals surface area (Å²) in [6.45, 7) is 2.00. The SMILES string of the molecule is Cc1ccc(C=C2SC(=S)N(CCC(=O)NC(CCC(N)=O)C(=O)O)C2=O)cc1. The molecule has 1 aromatic carbocycles. The van der Waals surface area contributed by atoms with Gasteiger partial charge < -0.3 is 16.2 Å². The number of thiocarbonyl (C=S) groups is 1. The highest BCUT2D eigenvalue weighted by atomic mass is 32.2. The second kappa shape index (κ2) is 10.2. The monoisotopic (exact) mass is 435 g/mol. The Morgan fingerprint density at radius 2 is 1.93 bits per heavy atom. The summed E-state index contributed by atoms with van der Waals surface area (Å²) in [4.78, 5) is 48.4. The molecule has 8 nitrogen and oxygen atoms in total. The van der Waals surface area contributed by atoms with Crippen LogP contribution in [0, 0.1) is 6.92 Å². The van der Waals surface area contributed by atoms with Crippen LogP contribution in [0.25, 0.3) is 6.08 Å². The Morgan fingerprint density at radius 1 is 1.28 bits per heavy atom. The number of aliphatic carboxylic acids is 1. The van der Waals surface area contributed by atoms with E-state index >= 15 is 0 Å². The Hall–Kier alpha value is -2.72. The summed E-state index contributed by atoms with van der Waals surface area (Å²) in [6, 6.07) is 6.45. The van der Waals surface area contributed by atoms with Gasteiger partial charge in [-0.1, -0.05) is 53.8 Å². The molecule has 3 amide bonds. The number of carbonyl (C=O) groups is 4. The number of nitrogens with zero attached hydrogens (tertiary/aromatic N) is 1. The van der Waals surface area contributed by atoms with Crippen LogP contribution in [0.5, 0.6) is 0 Å². The molecule has 4 N–H and O–H groups in total. The lowest BCUT2D eigenvalue weighted by Gasteiger charge is -2.16. The zero-order valence-electron chi connectivity index (χ0n) is 15.7. The molecule has 1 saturated heterocycles. The van der Waals surface area contributed by atoms with Crippen molar-refractivity contribution in [1.29, 1.82) is 0 Å². The van der Waals surface area contributed by atoms with E-state index in [2.05, 4.69) is 5.32 Å². The molecule has 1 aromatic rings. The molecule has 29 heavy (non-hydrogen) atoms. The number of carboxylic acid groups (broad SMARTS) is 1. The van der Waals surface area contributed by atoms with Crippen LogP contribution in [0.3, 0.4) is 0 Å². The van der Waals surface area contributed by atoms with Gasteiger partial charge in [0.05, 0.1) is 4.91 Å². The van der Waals surface area contributed by atoms with Crippen LogP contribution in [-0.2, 0) is 19.2 Å². The zero-order chi connectivity index (χ0) is 21.6. The second-order valence-corrected chi connectivity index (χ2v) is 8.13. The first-order valence-corrected chi connectivity index (χ1v) is 10.0. The Labute approximate surface area is 177 Å². The fourth-order valence-corrected chi connectivity index (χ4v) is 3.84. The van der Waals surface area contributed by atoms with Gasteiger partial charge in [-0.3, -0.25) is 19.3 Å². The largest absolute Gasteiger partial charge is 0.480 e. The molecule has 1 fully saturated rings. The molecular weight excluding hydrogens is 414 g/mol. The van der Waals surface area contributed by atoms with Crippen molar-refractivity contribution in [2.24, 2.45) is 5.73 Å². The Balaban J connectivity index is 1.94. The van der Waals surface area contributed by atoms with Crippen LogP contribution in [0.1, 0.15) is 30.4 Å². The van der Waals surface area contributed by atoms with Crippen molar-refractivity contribution in [2.45, 2.75) is 32.2 Å². The molecule has 10 heteroatoms. The lowest BCUT2D eigenvalue weighted by atomic mass is 10.1. The van der Waals surface area contributed by atoms with Gasteiger partial charge in [0.25, 0.3) is 5.91 Å². The van der Waals surface area contributed by atoms with Gasteiger partial charge in [-0.15, -0.1) is 0 Å². The molecule has 0 bridgehead atoms. The van der Waals surface area contributed by atoms with E-state index in [0.29, 0.717) is 9.23 Å². The maximum Gasteiger partial charge on any atom is 0.326 e. The summed E-state index contributed by atoms with van der Waals surface area (Å²) in [5, 5.41) is 11.5. The number of hydrogen-bond acceptors (Lipinski definition) is 6. The first kappa shape index (κ1) is 22.6. The van der Waals surface area contributed by atoms with Crippen molar-refractivity contribution in [2.75, 3.05) is 6.54 Å². The van der Waals surface area contributed by atoms with Gasteiger partial charge >= 0.3 is 5.97 Å². The van der Waals surface area contributed by atoms with Gasteiger partial charge in [0.15, 0.2) is 0 Å². The third-order valence-corrected chi connectivity index (χ3v) is 5.50. The molecule has 0 spiro atoms. The van der Waals surface area contributed by atoms with E-state index in [9.17, 15) is 19.2 Å². The molecular formula is C19H21N3O5S2. The van der Waals surface area contributed by atoms with Crippen LogP contribution in [0.15, 0.2) is 29.2 Å². The minimum absolute atomic E-state index is 0.0316. The molecule has 154 valence electrons. The van der Waals surface area contributed by atoms with E-state index in [1.807, 2.05) is 31.2 Å². The Kier molecular flexibility index (Phi) is 7.91. The number of rotatable bonds is 9. The third kappa shape index (κ3) is 6.68. The molecule has 2 rings (SSSR count). The van der Waals surface area contributed by atoms with Gasteiger partial charge in [-0.2, -0.15) is 0 Å². The van der Waals surface area contributed by atoms with Gasteiger partial charge in [0, 0.05) is 19.4 Å². The van der Waals surface area contributed by atoms with Crippen LogP contribution >= 0.6 is 24.0 Å². The van der Waals surface area contributed by atoms with Crippen molar-refractivity contribution >= 4 is 58.1 Å². The topological polar surface area (TPSA) is 130 Å². The van der Waals surface area contributed by atoms with Gasteiger partial charge in [0.1, 0.15) is 10.4 Å². The maximum absolute atomic E-state index is 12.6. The molecule has 1 aliphatic rings. The van der Waals surface area contributed by atoms with Gasteiger partial charge in [-0.25, -0.2) is 4.79 Å². The normalized spacial score (nSPS) is 16.2. The van der Waals surface area contributed by atoms with Crippen molar-refractivity contribution < 1.29 is 24.3 Å². The van der Waals surface area contributed by atoms with Gasteiger partial charge in [0.2, 0.25) is 11.8 Å². The predicted octanol–water partition coefficient (Wildman–Crippen LogP) is 1.42. The fourth-order valence-electron chi connectivity index (χ4n) is 2.53. The summed E-state index contributed by atoms with van der Waals surface area (Å²) in [6.07, 6.45) is 1.36. The van der Waals surface area contributed by atoms with Gasteiger partial charge in [-0.05, 0) is 25.0 Å². The molecule has 0 aliphatic carbocycles. The van der Waals surface area contributed by atoms with E-state index < -0.39 is 23.8 Å². The number of benzene rings is 1. The summed E-state index contributed by atoms with van der Waals surface area (Å²) in [7, 11) is 0. The summed E-state index contributed by atoms with van der Waals surface area (Å²) in [5.74, 6) is -2.76. The number of nitrogens with one attached hydrogen (secondary N) is 1. The number of thioether (sulfide) groups is 1. The minimum atomic E-state index is -1.26. The quantitative estimate of drug-likeness (QED) is 0.395. The third-order valence-electron chi connectivity index (χ3n) is 4.12. The van der Waals surface area contributed by atoms with Crippen molar-refractivity contribution in [3.8, 4) is 0 Å². The molecule has 1 aliphatic heterocycles. The zero-order valence-corrected chi connectivity index (χ0v) is 17.3. The van der Waals surface area contributed by atoms with E-state index in [1.54, 1.807) is 6.08 Å². The van der Waals surface area contributed by atoms with E-state index in [0.717, 1.165) is 22.9 Å². The summed E-state index contributed by atoms with van der Waals surface area (Å²) in [5.41, 5.74) is 6.98. The van der Waals surface area contributed by atoms with Crippen LogP contribution in [-0.4, -0.2) is 50.6 Å². The highest BCUT2D eigenvalue weighted by Crippen LogP contribution is 2.32. The highest BCUT2D eigenvalue weighted by Gasteiger charge is 2.32. The van der Waals surface area contributed by atoms with Crippen LogP contribution in [0.2, 0.25) is 0 Å². The Bertz CT molecular complexity index is 867. The summed E-state index contributed by atoms with van der Waals surface area (Å²) >= 11 is 6.39. The first-order chi connectivity index (χ1) is 13.7. The Morgan fingerprint density at radius 3 is 2.52 bits per heavy atom. The average Bonchev–Trinajstić information content (AvgIpc) is 2.91. The number of carboxylic acids is 1. The second-order valence-electron chi connectivity index (χ2n) is 6.46. The summed E-state index contributed by atoms with van der Waals surface area (Å²) < 4.78 is 0.338. The van der Waals surface area contributed by atoms with Crippen LogP contribution in [0.4, 0.5) is 0 Å². The number of hydrogen-bond donors (Lipinski definition) is 3.